The van der Waals surface area contributed by atoms with Crippen molar-refractivity contribution in [2.24, 2.45) is 5.92 Å². The maximum atomic E-state index is 11.7. The van der Waals surface area contributed by atoms with Crippen LogP contribution in [0.2, 0.25) is 0 Å². The van der Waals surface area contributed by atoms with E-state index in [-0.39, 0.29) is 24.1 Å². The van der Waals surface area contributed by atoms with Crippen LogP contribution in [0.15, 0.2) is 0 Å². The van der Waals surface area contributed by atoms with Crippen molar-refractivity contribution < 1.29 is 24.2 Å². The van der Waals surface area contributed by atoms with Crippen LogP contribution >= 0.6 is 0 Å². The molecule has 1 unspecified atom stereocenters. The highest BCUT2D eigenvalue weighted by Gasteiger charge is 2.26. The first-order valence-electron chi connectivity index (χ1n) is 7.11. The molecule has 0 aromatic carbocycles. The molecular weight excluding hydrogens is 264 g/mol. The number of carbonyl (C=O) groups excluding carboxylic acids is 1. The summed E-state index contributed by atoms with van der Waals surface area (Å²) in [7, 11) is 0. The van der Waals surface area contributed by atoms with Crippen molar-refractivity contribution in [2.75, 3.05) is 26.4 Å². The minimum absolute atomic E-state index is 0.0640. The molecule has 2 amide bonds. The first kappa shape index (κ1) is 15.1. The number of aliphatic carboxylic acids is 1. The summed E-state index contributed by atoms with van der Waals surface area (Å²) >= 11 is 0. The van der Waals surface area contributed by atoms with Crippen LogP contribution in [0, 0.1) is 5.92 Å². The molecule has 1 heterocycles. The summed E-state index contributed by atoms with van der Waals surface area (Å²) < 4.78 is 10.7. The van der Waals surface area contributed by atoms with E-state index in [0.717, 1.165) is 0 Å². The molecule has 1 saturated heterocycles. The number of nitrogens with one attached hydrogen (secondary N) is 2. The monoisotopic (exact) mass is 286 g/mol. The molecule has 1 aliphatic carbocycles. The molecule has 7 heteroatoms. The summed E-state index contributed by atoms with van der Waals surface area (Å²) in [6.45, 7) is 2.10. The Kier molecular flexibility index (Phi) is 5.60. The first-order valence-corrected chi connectivity index (χ1v) is 7.11. The maximum Gasteiger partial charge on any atom is 0.315 e. The molecule has 3 N–H and O–H groups in total. The van der Waals surface area contributed by atoms with E-state index in [1.54, 1.807) is 0 Å². The Morgan fingerprint density at radius 3 is 2.50 bits per heavy atom. The zero-order valence-electron chi connectivity index (χ0n) is 11.5. The predicted molar refractivity (Wildman–Crippen MR) is 70.5 cm³/mol. The van der Waals surface area contributed by atoms with Crippen LogP contribution in [0.3, 0.4) is 0 Å². The van der Waals surface area contributed by atoms with Gasteiger partial charge in [0.25, 0.3) is 0 Å². The van der Waals surface area contributed by atoms with Gasteiger partial charge >= 0.3 is 12.0 Å². The lowest BCUT2D eigenvalue weighted by Crippen LogP contribution is -2.47. The average molecular weight is 286 g/mol. The summed E-state index contributed by atoms with van der Waals surface area (Å²) in [5, 5.41) is 14.6. The van der Waals surface area contributed by atoms with Crippen LogP contribution in [0.4, 0.5) is 4.79 Å². The second-order valence-corrected chi connectivity index (χ2v) is 5.31. The molecule has 1 saturated carbocycles. The molecule has 0 aromatic heterocycles. The number of hydrogen-bond acceptors (Lipinski definition) is 4. The molecule has 0 radical (unpaired) electrons. The van der Waals surface area contributed by atoms with E-state index in [4.69, 9.17) is 14.6 Å². The molecule has 0 aromatic rings. The van der Waals surface area contributed by atoms with E-state index >= 15 is 0 Å². The van der Waals surface area contributed by atoms with Crippen LogP contribution in [0.1, 0.15) is 25.7 Å². The lowest BCUT2D eigenvalue weighted by molar-refractivity contribution is -0.142. The number of carboxylic acids is 1. The fourth-order valence-corrected chi connectivity index (χ4v) is 2.58. The average Bonchev–Trinajstić information content (AvgIpc) is 2.47. The van der Waals surface area contributed by atoms with E-state index in [1.165, 1.54) is 0 Å². The van der Waals surface area contributed by atoms with Gasteiger partial charge in [-0.3, -0.25) is 4.79 Å². The van der Waals surface area contributed by atoms with E-state index in [2.05, 4.69) is 10.6 Å². The van der Waals surface area contributed by atoms with Gasteiger partial charge in [-0.1, -0.05) is 0 Å². The summed E-state index contributed by atoms with van der Waals surface area (Å²) in [6.07, 6.45) is 2.60. The standard InChI is InChI=1S/C13H22N2O5/c16-12(17)9-1-3-10(4-2-9)15-13(18)14-7-11-8-19-5-6-20-11/h9-11H,1-8H2,(H,16,17)(H2,14,15,18). The third-order valence-corrected chi connectivity index (χ3v) is 3.79. The topological polar surface area (TPSA) is 96.9 Å². The number of hydrogen-bond donors (Lipinski definition) is 3. The van der Waals surface area contributed by atoms with Crippen molar-refractivity contribution in [1.82, 2.24) is 10.6 Å². The molecule has 2 rings (SSSR count). The van der Waals surface area contributed by atoms with Crippen LogP contribution in [0.5, 0.6) is 0 Å². The lowest BCUT2D eigenvalue weighted by atomic mass is 9.86. The summed E-state index contributed by atoms with van der Waals surface area (Å²) in [5.41, 5.74) is 0. The van der Waals surface area contributed by atoms with Crippen molar-refractivity contribution in [3.63, 3.8) is 0 Å². The largest absolute Gasteiger partial charge is 0.481 e. The maximum absolute atomic E-state index is 11.7. The van der Waals surface area contributed by atoms with Gasteiger partial charge in [-0.15, -0.1) is 0 Å². The number of rotatable bonds is 4. The van der Waals surface area contributed by atoms with Gasteiger partial charge in [-0.2, -0.15) is 0 Å². The Bertz CT molecular complexity index is 336. The number of amides is 2. The number of carbonyl (C=O) groups is 2. The Labute approximate surface area is 118 Å². The molecule has 114 valence electrons. The van der Waals surface area contributed by atoms with Crippen LogP contribution < -0.4 is 10.6 Å². The molecule has 2 fully saturated rings. The summed E-state index contributed by atoms with van der Waals surface area (Å²) in [6, 6.07) is -0.160. The third-order valence-electron chi connectivity index (χ3n) is 3.79. The zero-order valence-corrected chi connectivity index (χ0v) is 11.5. The van der Waals surface area contributed by atoms with Crippen molar-refractivity contribution in [3.05, 3.63) is 0 Å². The first-order chi connectivity index (χ1) is 9.65. The molecule has 7 nitrogen and oxygen atoms in total. The fraction of sp³-hybridized carbons (Fsp3) is 0.846. The molecule has 0 spiro atoms. The van der Waals surface area contributed by atoms with Crippen molar-refractivity contribution in [1.29, 1.82) is 0 Å². The summed E-state index contributed by atoms with van der Waals surface area (Å²) in [5.74, 6) is -0.994. The Hall–Kier alpha value is -1.34. The van der Waals surface area contributed by atoms with Crippen molar-refractivity contribution >= 4 is 12.0 Å². The van der Waals surface area contributed by atoms with Gasteiger partial charge in [0.1, 0.15) is 0 Å². The smallest absolute Gasteiger partial charge is 0.315 e. The van der Waals surface area contributed by atoms with Gasteiger partial charge in [0, 0.05) is 12.6 Å². The number of carboxylic acid groups (broad SMARTS) is 1. The molecule has 1 aliphatic heterocycles. The highest BCUT2D eigenvalue weighted by Crippen LogP contribution is 2.24. The van der Waals surface area contributed by atoms with E-state index in [1.807, 2.05) is 0 Å². The molecule has 20 heavy (non-hydrogen) atoms. The quantitative estimate of drug-likeness (QED) is 0.692. The van der Waals surface area contributed by atoms with Crippen molar-refractivity contribution in [2.45, 2.75) is 37.8 Å². The van der Waals surface area contributed by atoms with Crippen LogP contribution in [-0.2, 0) is 14.3 Å². The second-order valence-electron chi connectivity index (χ2n) is 5.31. The van der Waals surface area contributed by atoms with Gasteiger partial charge in [-0.05, 0) is 25.7 Å². The SMILES string of the molecule is O=C(NCC1COCCO1)NC1CCC(C(=O)O)CC1. The van der Waals surface area contributed by atoms with Gasteiger partial charge < -0.3 is 25.2 Å². The van der Waals surface area contributed by atoms with E-state index in [9.17, 15) is 9.59 Å². The van der Waals surface area contributed by atoms with E-state index < -0.39 is 5.97 Å². The minimum atomic E-state index is -0.734. The highest BCUT2D eigenvalue weighted by atomic mass is 16.6. The Morgan fingerprint density at radius 2 is 1.90 bits per heavy atom. The van der Waals surface area contributed by atoms with Crippen molar-refractivity contribution in [3.8, 4) is 0 Å². The molecule has 1 atom stereocenters. The minimum Gasteiger partial charge on any atom is -0.481 e. The van der Waals surface area contributed by atoms with Gasteiger partial charge in [0.2, 0.25) is 0 Å². The number of ether oxygens (including phenoxy) is 2. The van der Waals surface area contributed by atoms with Gasteiger partial charge in [0.05, 0.1) is 31.8 Å². The summed E-state index contributed by atoms with van der Waals surface area (Å²) in [4.78, 5) is 22.6. The second kappa shape index (κ2) is 7.44. The fourth-order valence-electron chi connectivity index (χ4n) is 2.58. The third kappa shape index (κ3) is 4.64. The van der Waals surface area contributed by atoms with Gasteiger partial charge in [0.15, 0.2) is 0 Å². The van der Waals surface area contributed by atoms with E-state index in [0.29, 0.717) is 52.0 Å². The van der Waals surface area contributed by atoms with Crippen LogP contribution in [-0.4, -0.2) is 55.6 Å². The predicted octanol–water partition coefficient (Wildman–Crippen LogP) is 0.344. The Morgan fingerprint density at radius 1 is 1.15 bits per heavy atom. The molecule has 0 bridgehead atoms. The molecular formula is C13H22N2O5. The normalized spacial score (nSPS) is 30.5. The highest BCUT2D eigenvalue weighted by molar-refractivity contribution is 5.74. The lowest BCUT2D eigenvalue weighted by Gasteiger charge is -2.27. The number of urea groups is 1. The Balaban J connectivity index is 1.61. The van der Waals surface area contributed by atoms with Gasteiger partial charge in [-0.25, -0.2) is 4.79 Å². The van der Waals surface area contributed by atoms with Crippen LogP contribution in [0.25, 0.3) is 0 Å². The zero-order chi connectivity index (χ0) is 14.4. The molecule has 2 aliphatic rings.